The Hall–Kier alpha value is -6.20. The number of carbonyl (C=O) groups is 4. The van der Waals surface area contributed by atoms with Crippen LogP contribution in [0.4, 0.5) is 11.4 Å². The van der Waals surface area contributed by atoms with Gasteiger partial charge in [-0.1, -0.05) is 39.5 Å². The molecule has 0 bridgehead atoms. The van der Waals surface area contributed by atoms with Gasteiger partial charge in [0.1, 0.15) is 0 Å². The first-order valence-electron chi connectivity index (χ1n) is 22.4. The summed E-state index contributed by atoms with van der Waals surface area (Å²) < 4.78 is 27.3. The molecule has 4 aliphatic carbocycles. The maximum Gasteiger partial charge on any atom is 0.265 e. The van der Waals surface area contributed by atoms with Gasteiger partial charge in [0, 0.05) is 22.1 Å². The van der Waals surface area contributed by atoms with Gasteiger partial charge >= 0.3 is 0 Å². The molecule has 0 radical (unpaired) electrons. The lowest BCUT2D eigenvalue weighted by atomic mass is 9.63. The van der Waals surface area contributed by atoms with Crippen molar-refractivity contribution in [1.29, 1.82) is 0 Å². The Morgan fingerprint density at radius 3 is 1.80 bits per heavy atom. The number of carbonyl (C=O) groups excluding carboxylic acids is 4. The third kappa shape index (κ3) is 5.95. The van der Waals surface area contributed by atoms with Crippen LogP contribution in [0.5, 0.6) is 23.0 Å². The fourth-order valence-corrected chi connectivity index (χ4v) is 13.3. The van der Waals surface area contributed by atoms with Crippen molar-refractivity contribution < 1.29 is 38.1 Å². The second-order valence-electron chi connectivity index (χ2n) is 20.5. The van der Waals surface area contributed by atoms with Crippen LogP contribution in [-0.4, -0.2) is 48.5 Å². The summed E-state index contributed by atoms with van der Waals surface area (Å²) in [6.07, 6.45) is 15.4. The molecule has 4 amide bonds. The molecule has 4 aromatic rings. The van der Waals surface area contributed by atoms with Crippen molar-refractivity contribution in [1.82, 2.24) is 0 Å². The average Bonchev–Trinajstić information content (AvgIpc) is 3.75. The molecule has 5 fully saturated rings. The molecule has 324 valence electrons. The second kappa shape index (κ2) is 14.1. The zero-order valence-corrected chi connectivity index (χ0v) is 36.7. The Morgan fingerprint density at radius 1 is 0.703 bits per heavy atom. The molecule has 10 nitrogen and oxygen atoms in total. The van der Waals surface area contributed by atoms with Crippen LogP contribution in [0.3, 0.4) is 0 Å². The highest BCUT2D eigenvalue weighted by Gasteiger charge is 2.66. The number of benzene rings is 4. The summed E-state index contributed by atoms with van der Waals surface area (Å²) in [4.78, 5) is 56.3. The Balaban J connectivity index is 0.870. The lowest BCUT2D eigenvalue weighted by molar-refractivity contribution is -0.259. The molecule has 64 heavy (non-hydrogen) atoms. The van der Waals surface area contributed by atoms with Crippen LogP contribution in [0.15, 0.2) is 72.8 Å². The van der Waals surface area contributed by atoms with Crippen LogP contribution in [0, 0.1) is 60.7 Å². The van der Waals surface area contributed by atoms with Gasteiger partial charge in [-0.2, -0.15) is 0 Å². The summed E-state index contributed by atoms with van der Waals surface area (Å²) in [7, 11) is 0. The van der Waals surface area contributed by atoms with E-state index in [1.165, 1.54) is 16.0 Å². The van der Waals surface area contributed by atoms with E-state index < -0.39 is 17.7 Å². The summed E-state index contributed by atoms with van der Waals surface area (Å²) in [5.41, 5.74) is 5.42. The summed E-state index contributed by atoms with van der Waals surface area (Å²) in [6, 6.07) is 21.5. The first-order chi connectivity index (χ1) is 30.6. The smallest absolute Gasteiger partial charge is 0.265 e. The van der Waals surface area contributed by atoms with Crippen LogP contribution in [0.25, 0.3) is 0 Å². The molecule has 9 unspecified atom stereocenters. The Kier molecular flexibility index (Phi) is 8.97. The first kappa shape index (κ1) is 40.6. The second-order valence-corrected chi connectivity index (χ2v) is 20.5. The molecule has 7 aliphatic rings. The van der Waals surface area contributed by atoms with Gasteiger partial charge in [-0.05, 0) is 158 Å². The van der Waals surface area contributed by atoms with E-state index >= 15 is 0 Å². The van der Waals surface area contributed by atoms with Gasteiger partial charge in [-0.3, -0.25) is 24.1 Å². The molecule has 1 spiro atoms. The lowest BCUT2D eigenvalue weighted by Crippen LogP contribution is -2.57. The first-order valence-corrected chi connectivity index (χ1v) is 22.4. The van der Waals surface area contributed by atoms with Crippen LogP contribution in [-0.2, 0) is 34.7 Å². The highest BCUT2D eigenvalue weighted by Crippen LogP contribution is 2.70. The summed E-state index contributed by atoms with van der Waals surface area (Å²) in [5, 5.41) is 0. The summed E-state index contributed by atoms with van der Waals surface area (Å²) in [6.45, 7) is 11.3. The predicted octanol–water partition coefficient (Wildman–Crippen LogP) is 9.15. The van der Waals surface area contributed by atoms with Crippen molar-refractivity contribution in [3.8, 4) is 47.7 Å². The molecule has 11 rings (SSSR count). The van der Waals surface area contributed by atoms with E-state index in [0.29, 0.717) is 87.7 Å². The van der Waals surface area contributed by atoms with Gasteiger partial charge in [-0.25, -0.2) is 4.90 Å². The molecular formula is C54H50N2O8. The third-order valence-electron chi connectivity index (χ3n) is 16.0. The number of nitrogens with zero attached hydrogens (tertiary/aromatic N) is 2. The fourth-order valence-electron chi connectivity index (χ4n) is 13.3. The van der Waals surface area contributed by atoms with Crippen molar-refractivity contribution in [3.05, 3.63) is 106 Å². The van der Waals surface area contributed by atoms with Gasteiger partial charge in [0.05, 0.1) is 47.6 Å². The highest BCUT2D eigenvalue weighted by atomic mass is 16.6. The van der Waals surface area contributed by atoms with Crippen molar-refractivity contribution in [2.45, 2.75) is 108 Å². The van der Waals surface area contributed by atoms with Gasteiger partial charge in [-0.15, -0.1) is 12.8 Å². The molecule has 3 aliphatic heterocycles. The molecule has 3 saturated carbocycles. The monoisotopic (exact) mass is 854 g/mol. The van der Waals surface area contributed by atoms with E-state index in [1.807, 2.05) is 6.92 Å². The van der Waals surface area contributed by atoms with Crippen LogP contribution < -0.4 is 19.3 Å². The maximum atomic E-state index is 13.9. The molecule has 9 atom stereocenters. The summed E-state index contributed by atoms with van der Waals surface area (Å²) in [5.74, 6) is 6.19. The predicted molar refractivity (Wildman–Crippen MR) is 239 cm³/mol. The average molecular weight is 855 g/mol. The van der Waals surface area contributed by atoms with Gasteiger partial charge in [0.15, 0.2) is 23.0 Å². The third-order valence-corrected chi connectivity index (χ3v) is 16.0. The lowest BCUT2D eigenvalue weighted by Gasteiger charge is -2.52. The number of hydrogen-bond acceptors (Lipinski definition) is 8. The number of anilines is 2. The van der Waals surface area contributed by atoms with Gasteiger partial charge in [0.25, 0.3) is 5.91 Å². The molecular weight excluding hydrogens is 805 g/mol. The van der Waals surface area contributed by atoms with Crippen LogP contribution in [0.2, 0.25) is 0 Å². The van der Waals surface area contributed by atoms with E-state index in [9.17, 15) is 19.2 Å². The Morgan fingerprint density at radius 2 is 1.22 bits per heavy atom. The number of rotatable bonds is 4. The molecule has 0 aromatic heterocycles. The Labute approximate surface area is 373 Å². The minimum atomic E-state index is -0.493. The van der Waals surface area contributed by atoms with Crippen LogP contribution >= 0.6 is 0 Å². The number of amides is 4. The molecule has 10 heteroatoms. The van der Waals surface area contributed by atoms with E-state index in [0.717, 1.165) is 30.6 Å². The molecule has 4 aromatic carbocycles. The number of aryl methyl sites for hydroxylation is 1. The van der Waals surface area contributed by atoms with E-state index in [2.05, 4.69) is 51.7 Å². The maximum absolute atomic E-state index is 13.9. The SMILES string of the molecule is C#Cc1ccc(N(C=O)C(=O)c2cc3c(cc2C)Oc2cc4c(cc2O3)C2(CC4(C)C)CC(C)(C)C3CC4OC5CC6C(=O)N(c7ccc(C#C)cc7)C(=O)C6CC5OC4CC32)cc1. The van der Waals surface area contributed by atoms with E-state index in [1.54, 1.807) is 60.7 Å². The fraction of sp³-hybridized carbons (Fsp3) is 0.407. The molecule has 3 heterocycles. The quantitative estimate of drug-likeness (QED) is 0.100. The van der Waals surface area contributed by atoms with E-state index in [-0.39, 0.29) is 52.5 Å². The zero-order chi connectivity index (χ0) is 44.6. The molecule has 2 saturated heterocycles. The van der Waals surface area contributed by atoms with Gasteiger partial charge < -0.3 is 18.9 Å². The number of fused-ring (bicyclic) bond motifs is 9. The number of ether oxygens (including phenoxy) is 4. The topological polar surface area (TPSA) is 112 Å². The minimum absolute atomic E-state index is 0.00718. The number of hydrogen-bond donors (Lipinski definition) is 0. The standard InChI is InChI=1S/C54H50N2O8/c1-8-30-10-14-32(15-11-30)55(28-57)49(58)34-19-42-41(18-29(34)3)61-45-22-37-39(24-47(45)62-42)54(26-52(37,4)5)27-53(6,7)38-23-46-48(25-40(38)54)64-44-21-36-35(20-43(44)63-46)50(59)56(51(36)60)33-16-12-31(9-2)13-17-33/h1-2,10-19,22,24,28,35-36,38,40,43-44,46,48H,20-21,23,25-27H2,3-7H3. The highest BCUT2D eigenvalue weighted by molar-refractivity contribution is 6.22. The van der Waals surface area contributed by atoms with Gasteiger partial charge in [0.2, 0.25) is 18.2 Å². The van der Waals surface area contributed by atoms with Crippen molar-refractivity contribution in [2.24, 2.45) is 29.1 Å². The number of imide groups is 2. The largest absolute Gasteiger partial charge is 0.449 e. The normalized spacial score (nSPS) is 30.8. The van der Waals surface area contributed by atoms with Crippen LogP contribution in [0.1, 0.15) is 104 Å². The minimum Gasteiger partial charge on any atom is -0.449 e. The summed E-state index contributed by atoms with van der Waals surface area (Å²) >= 11 is 0. The van der Waals surface area contributed by atoms with Crippen molar-refractivity contribution in [2.75, 3.05) is 9.80 Å². The van der Waals surface area contributed by atoms with Crippen molar-refractivity contribution in [3.63, 3.8) is 0 Å². The molecule has 0 N–H and O–H groups in total. The Bertz CT molecular complexity index is 2780. The van der Waals surface area contributed by atoms with Crippen molar-refractivity contribution >= 4 is 35.5 Å². The number of terminal acetylenes is 2. The van der Waals surface area contributed by atoms with E-state index in [4.69, 9.17) is 31.8 Å². The zero-order valence-electron chi connectivity index (χ0n) is 36.7.